The molecule has 6 rings (SSSR count). The molecule has 0 saturated heterocycles. The number of para-hydroxylation sites is 1. The molecule has 0 saturated carbocycles. The van der Waals surface area contributed by atoms with Crippen LogP contribution in [0.25, 0.3) is 11.5 Å². The molecule has 0 bridgehead atoms. The minimum Gasteiger partial charge on any atom is -0.308 e. The summed E-state index contributed by atoms with van der Waals surface area (Å²) in [7, 11) is 0. The Morgan fingerprint density at radius 2 is 1.74 bits per heavy atom. The van der Waals surface area contributed by atoms with Crippen LogP contribution in [0.5, 0.6) is 0 Å². The monoisotopic (exact) mass is 505 g/mol. The van der Waals surface area contributed by atoms with Gasteiger partial charge in [-0.3, -0.25) is 0 Å². The average Bonchev–Trinajstić information content (AvgIpc) is 3.53. The number of hydrogen-bond acceptors (Lipinski definition) is 2. The van der Waals surface area contributed by atoms with Crippen molar-refractivity contribution in [1.29, 1.82) is 0 Å². The Kier molecular flexibility index (Phi) is 6.04. The second-order valence-corrected chi connectivity index (χ2v) is 9.49. The van der Waals surface area contributed by atoms with E-state index in [2.05, 4.69) is 16.8 Å². The van der Waals surface area contributed by atoms with Gasteiger partial charge in [0.2, 0.25) is 0 Å². The zero-order chi connectivity index (χ0) is 26.2. The molecule has 1 atom stereocenters. The number of halogens is 1. The van der Waals surface area contributed by atoms with Crippen LogP contribution in [-0.4, -0.2) is 25.3 Å². The van der Waals surface area contributed by atoms with Gasteiger partial charge >= 0.3 is 6.03 Å². The summed E-state index contributed by atoms with van der Waals surface area (Å²) in [6.07, 6.45) is 2.74. The van der Waals surface area contributed by atoms with E-state index in [1.165, 1.54) is 6.07 Å². The number of aromatic nitrogens is 3. The average molecular weight is 506 g/mol. The third-order valence-electron chi connectivity index (χ3n) is 7.10. The second-order valence-electron chi connectivity index (χ2n) is 9.49. The highest BCUT2D eigenvalue weighted by Crippen LogP contribution is 2.39. The Labute approximate surface area is 221 Å². The third kappa shape index (κ3) is 4.06. The van der Waals surface area contributed by atoms with Crippen LogP contribution < -0.4 is 5.32 Å². The number of hydrogen-bond donors (Lipinski definition) is 1. The number of carbonyl (C=O) groups is 1. The molecule has 1 unspecified atom stereocenters. The first-order valence-electron chi connectivity index (χ1n) is 12.8. The first-order chi connectivity index (χ1) is 18.5. The number of carbonyl (C=O) groups excluding carboxylic acids is 1. The molecule has 2 amide bonds. The standard InChI is InChI=1S/C31H28FN5O/c1-3-27-25-20-36(31(38)33-23-17-16-21(2)26(32)19-23)29(22-11-6-4-7-12-22)28-15-10-18-35(28)30(25)37(34-27)24-13-8-5-9-14-24/h4-19,29H,3,20H2,1-2H3,(H,33,38). The van der Waals surface area contributed by atoms with E-state index < -0.39 is 0 Å². The van der Waals surface area contributed by atoms with E-state index in [9.17, 15) is 9.18 Å². The van der Waals surface area contributed by atoms with Gasteiger partial charge < -0.3 is 14.8 Å². The van der Waals surface area contributed by atoms with Crippen molar-refractivity contribution in [2.75, 3.05) is 5.32 Å². The number of rotatable bonds is 4. The number of aryl methyl sites for hydroxylation is 2. The lowest BCUT2D eigenvalue weighted by Gasteiger charge is -2.31. The molecule has 1 aliphatic heterocycles. The van der Waals surface area contributed by atoms with Crippen molar-refractivity contribution in [2.45, 2.75) is 32.9 Å². The molecule has 6 nitrogen and oxygen atoms in total. The van der Waals surface area contributed by atoms with Gasteiger partial charge in [0.1, 0.15) is 11.6 Å². The predicted octanol–water partition coefficient (Wildman–Crippen LogP) is 6.81. The molecule has 3 heterocycles. The topological polar surface area (TPSA) is 55.1 Å². The quantitative estimate of drug-likeness (QED) is 0.292. The summed E-state index contributed by atoms with van der Waals surface area (Å²) in [5, 5.41) is 7.93. The zero-order valence-corrected chi connectivity index (χ0v) is 21.3. The van der Waals surface area contributed by atoms with Gasteiger partial charge in [0, 0.05) is 17.4 Å². The lowest BCUT2D eigenvalue weighted by atomic mass is 10.0. The molecular formula is C31H28FN5O. The molecule has 1 aliphatic rings. The van der Waals surface area contributed by atoms with E-state index in [4.69, 9.17) is 5.10 Å². The van der Waals surface area contributed by atoms with Crippen LogP contribution in [-0.2, 0) is 13.0 Å². The molecule has 190 valence electrons. The molecule has 0 fully saturated rings. The van der Waals surface area contributed by atoms with Gasteiger partial charge in [0.15, 0.2) is 0 Å². The van der Waals surface area contributed by atoms with Crippen molar-refractivity contribution >= 4 is 11.7 Å². The van der Waals surface area contributed by atoms with Gasteiger partial charge in [-0.2, -0.15) is 5.10 Å². The van der Waals surface area contributed by atoms with Crippen LogP contribution in [0.1, 0.15) is 41.0 Å². The van der Waals surface area contributed by atoms with E-state index in [0.717, 1.165) is 34.0 Å². The van der Waals surface area contributed by atoms with Crippen molar-refractivity contribution < 1.29 is 9.18 Å². The third-order valence-corrected chi connectivity index (χ3v) is 7.10. The van der Waals surface area contributed by atoms with Crippen LogP contribution >= 0.6 is 0 Å². The van der Waals surface area contributed by atoms with Crippen LogP contribution in [0, 0.1) is 12.7 Å². The van der Waals surface area contributed by atoms with Crippen LogP contribution in [0.4, 0.5) is 14.9 Å². The first kappa shape index (κ1) is 23.7. The fraction of sp³-hybridized carbons (Fsp3) is 0.161. The maximum absolute atomic E-state index is 14.3. The predicted molar refractivity (Wildman–Crippen MR) is 146 cm³/mol. The summed E-state index contributed by atoms with van der Waals surface area (Å²) in [6, 6.07) is 28.2. The van der Waals surface area contributed by atoms with Gasteiger partial charge in [0.05, 0.1) is 29.7 Å². The molecule has 38 heavy (non-hydrogen) atoms. The highest BCUT2D eigenvalue weighted by molar-refractivity contribution is 5.90. The Balaban J connectivity index is 1.53. The Morgan fingerprint density at radius 1 is 1.00 bits per heavy atom. The largest absolute Gasteiger partial charge is 0.322 e. The van der Waals surface area contributed by atoms with Crippen LogP contribution in [0.15, 0.2) is 97.2 Å². The van der Waals surface area contributed by atoms with E-state index >= 15 is 0 Å². The van der Waals surface area contributed by atoms with Gasteiger partial charge in [-0.05, 0) is 60.9 Å². The second kappa shape index (κ2) is 9.67. The maximum atomic E-state index is 14.3. The van der Waals surface area contributed by atoms with E-state index in [1.54, 1.807) is 19.1 Å². The molecule has 0 spiro atoms. The summed E-state index contributed by atoms with van der Waals surface area (Å²) in [6.45, 7) is 4.12. The number of nitrogens with one attached hydrogen (secondary N) is 1. The van der Waals surface area contributed by atoms with Crippen molar-refractivity contribution in [2.24, 2.45) is 0 Å². The Hall–Kier alpha value is -4.65. The normalized spacial score (nSPS) is 14.5. The van der Waals surface area contributed by atoms with E-state index in [-0.39, 0.29) is 17.9 Å². The number of benzene rings is 3. The number of amides is 2. The van der Waals surface area contributed by atoms with Crippen molar-refractivity contribution in [3.63, 3.8) is 0 Å². The maximum Gasteiger partial charge on any atom is 0.322 e. The molecule has 0 aliphatic carbocycles. The fourth-order valence-corrected chi connectivity index (χ4v) is 5.20. The SMILES string of the molecule is CCc1nn(-c2ccccc2)c2c1CN(C(=O)Nc1ccc(C)c(F)c1)C(c1ccccc1)c1cccn1-2. The molecule has 5 aromatic rings. The van der Waals surface area contributed by atoms with Gasteiger partial charge in [-0.15, -0.1) is 0 Å². The Morgan fingerprint density at radius 3 is 2.45 bits per heavy atom. The molecule has 0 radical (unpaired) electrons. The van der Waals surface area contributed by atoms with E-state index in [0.29, 0.717) is 24.2 Å². The van der Waals surface area contributed by atoms with Crippen molar-refractivity contribution in [3.05, 3.63) is 131 Å². The minimum absolute atomic E-state index is 0.308. The van der Waals surface area contributed by atoms with Crippen molar-refractivity contribution in [3.8, 4) is 11.5 Å². The lowest BCUT2D eigenvalue weighted by Crippen LogP contribution is -2.38. The Bertz CT molecular complexity index is 1610. The summed E-state index contributed by atoms with van der Waals surface area (Å²) in [5.41, 5.74) is 5.74. The molecule has 3 aromatic carbocycles. The number of anilines is 1. The zero-order valence-electron chi connectivity index (χ0n) is 21.3. The lowest BCUT2D eigenvalue weighted by molar-refractivity contribution is 0.194. The van der Waals surface area contributed by atoms with Gasteiger partial charge in [-0.25, -0.2) is 13.9 Å². The molecule has 2 aromatic heterocycles. The smallest absolute Gasteiger partial charge is 0.308 e. The van der Waals surface area contributed by atoms with E-state index in [1.807, 2.05) is 88.6 Å². The van der Waals surface area contributed by atoms with Crippen molar-refractivity contribution in [1.82, 2.24) is 19.2 Å². The number of fused-ring (bicyclic) bond motifs is 3. The first-order valence-corrected chi connectivity index (χ1v) is 12.8. The fourth-order valence-electron chi connectivity index (χ4n) is 5.20. The van der Waals surface area contributed by atoms with Crippen LogP contribution in [0.2, 0.25) is 0 Å². The molecular weight excluding hydrogens is 477 g/mol. The number of nitrogens with zero attached hydrogens (tertiary/aromatic N) is 4. The molecule has 7 heteroatoms. The van der Waals surface area contributed by atoms with Gasteiger partial charge in [-0.1, -0.05) is 61.5 Å². The summed E-state index contributed by atoms with van der Waals surface area (Å²) < 4.78 is 18.4. The number of urea groups is 1. The summed E-state index contributed by atoms with van der Waals surface area (Å²) in [4.78, 5) is 15.8. The highest BCUT2D eigenvalue weighted by atomic mass is 19.1. The summed E-state index contributed by atoms with van der Waals surface area (Å²) >= 11 is 0. The summed E-state index contributed by atoms with van der Waals surface area (Å²) in [5.74, 6) is 0.567. The molecule has 1 N–H and O–H groups in total. The van der Waals surface area contributed by atoms with Crippen LogP contribution in [0.3, 0.4) is 0 Å². The minimum atomic E-state index is -0.372. The highest BCUT2D eigenvalue weighted by Gasteiger charge is 2.36. The van der Waals surface area contributed by atoms with Gasteiger partial charge in [0.25, 0.3) is 0 Å².